The van der Waals surface area contributed by atoms with Gasteiger partial charge in [-0.3, -0.25) is 14.2 Å². The number of H-pyrrole nitrogens is 1. The first-order valence-electron chi connectivity index (χ1n) is 7.83. The average Bonchev–Trinajstić information content (AvgIpc) is 2.58. The van der Waals surface area contributed by atoms with E-state index >= 15 is 0 Å². The Labute approximate surface area is 138 Å². The molecule has 1 aromatic carbocycles. The van der Waals surface area contributed by atoms with Crippen molar-refractivity contribution in [2.45, 2.75) is 6.42 Å². The average molecular weight is 328 g/mol. The molecule has 1 atom stereocenters. The van der Waals surface area contributed by atoms with Crippen LogP contribution < -0.4 is 21.5 Å². The highest BCUT2D eigenvalue weighted by Gasteiger charge is 2.23. The number of para-hydroxylation sites is 1. The van der Waals surface area contributed by atoms with Crippen LogP contribution in [0.4, 0.5) is 5.69 Å². The number of aromatic amines is 1. The van der Waals surface area contributed by atoms with Crippen LogP contribution in [0.25, 0.3) is 0 Å². The lowest BCUT2D eigenvalue weighted by Gasteiger charge is -2.33. The number of rotatable bonds is 3. The van der Waals surface area contributed by atoms with E-state index in [4.69, 9.17) is 0 Å². The highest BCUT2D eigenvalue weighted by atomic mass is 16.2. The second-order valence-corrected chi connectivity index (χ2v) is 6.16. The first kappa shape index (κ1) is 16.0. The van der Waals surface area contributed by atoms with E-state index in [1.165, 1.54) is 24.5 Å². The van der Waals surface area contributed by atoms with Crippen molar-refractivity contribution >= 4 is 11.6 Å². The van der Waals surface area contributed by atoms with E-state index in [2.05, 4.69) is 27.3 Å². The summed E-state index contributed by atoms with van der Waals surface area (Å²) in [5.41, 5.74) is 1.28. The summed E-state index contributed by atoms with van der Waals surface area (Å²) in [6.45, 7) is 1.31. The predicted octanol–water partition coefficient (Wildman–Crippen LogP) is 0.112. The summed E-state index contributed by atoms with van der Waals surface area (Å²) in [6, 6.07) is 8.21. The molecule has 0 bridgehead atoms. The summed E-state index contributed by atoms with van der Waals surface area (Å²) in [7, 11) is 3.37. The summed E-state index contributed by atoms with van der Waals surface area (Å²) in [6.07, 6.45) is 2.05. The Morgan fingerprint density at radius 1 is 1.29 bits per heavy atom. The molecule has 0 radical (unpaired) electrons. The van der Waals surface area contributed by atoms with Crippen LogP contribution in [0.3, 0.4) is 0 Å². The number of nitrogens with one attached hydrogen (secondary N) is 2. The molecule has 2 N–H and O–H groups in total. The van der Waals surface area contributed by atoms with Gasteiger partial charge in [0.2, 0.25) is 0 Å². The molecule has 3 rings (SSSR count). The Balaban J connectivity index is 1.69. The molecule has 2 aromatic rings. The fourth-order valence-electron chi connectivity index (χ4n) is 3.11. The second-order valence-electron chi connectivity index (χ2n) is 6.16. The summed E-state index contributed by atoms with van der Waals surface area (Å²) in [5.74, 6) is -0.200. The van der Waals surface area contributed by atoms with Crippen LogP contribution >= 0.6 is 0 Å². The molecule has 7 heteroatoms. The number of aromatic nitrogens is 2. The van der Waals surface area contributed by atoms with Crippen molar-refractivity contribution in [3.63, 3.8) is 0 Å². The van der Waals surface area contributed by atoms with Crippen LogP contribution in [0.2, 0.25) is 0 Å². The van der Waals surface area contributed by atoms with Crippen LogP contribution in [-0.4, -0.2) is 35.6 Å². The number of anilines is 1. The zero-order chi connectivity index (χ0) is 17.3. The molecule has 0 saturated heterocycles. The van der Waals surface area contributed by atoms with Crippen LogP contribution in [0.1, 0.15) is 15.9 Å². The standard InChI is InChI=1S/C17H20N4O3/c1-20-10-11(7-12-5-3-4-6-14(12)20)8-18-15(22)13-9-19-17(24)21(2)16(13)23/h3-6,9,11H,7-8,10H2,1-2H3,(H,18,22)(H,19,24). The van der Waals surface area contributed by atoms with Crippen LogP contribution in [0.15, 0.2) is 40.1 Å². The molecular formula is C17H20N4O3. The first-order valence-corrected chi connectivity index (χ1v) is 7.83. The van der Waals surface area contributed by atoms with E-state index in [1.807, 2.05) is 19.2 Å². The van der Waals surface area contributed by atoms with E-state index < -0.39 is 17.2 Å². The SMILES string of the molecule is CN1CC(CNC(=O)c2c[nH]c(=O)n(C)c2=O)Cc2ccccc21. The molecule has 7 nitrogen and oxygen atoms in total. The van der Waals surface area contributed by atoms with Crippen molar-refractivity contribution in [2.24, 2.45) is 13.0 Å². The lowest BCUT2D eigenvalue weighted by atomic mass is 9.93. The molecule has 1 unspecified atom stereocenters. The van der Waals surface area contributed by atoms with Crippen molar-refractivity contribution in [2.75, 3.05) is 25.0 Å². The maximum atomic E-state index is 12.2. The maximum absolute atomic E-state index is 12.2. The van der Waals surface area contributed by atoms with E-state index in [0.29, 0.717) is 6.54 Å². The third-order valence-corrected chi connectivity index (χ3v) is 4.42. The Morgan fingerprint density at radius 3 is 2.83 bits per heavy atom. The Morgan fingerprint density at radius 2 is 2.04 bits per heavy atom. The minimum absolute atomic E-state index is 0.0540. The first-order chi connectivity index (χ1) is 11.5. The van der Waals surface area contributed by atoms with E-state index in [-0.39, 0.29) is 11.5 Å². The van der Waals surface area contributed by atoms with Crippen LogP contribution in [-0.2, 0) is 13.5 Å². The highest BCUT2D eigenvalue weighted by Crippen LogP contribution is 2.27. The Kier molecular flexibility index (Phi) is 4.24. The topological polar surface area (TPSA) is 87.2 Å². The van der Waals surface area contributed by atoms with Gasteiger partial charge in [0.1, 0.15) is 5.56 Å². The molecule has 0 fully saturated rings. The molecule has 1 amide bonds. The minimum atomic E-state index is -0.595. The highest BCUT2D eigenvalue weighted by molar-refractivity contribution is 5.93. The van der Waals surface area contributed by atoms with E-state index in [1.54, 1.807) is 0 Å². The number of nitrogens with zero attached hydrogens (tertiary/aromatic N) is 2. The zero-order valence-corrected chi connectivity index (χ0v) is 13.7. The number of hydrogen-bond donors (Lipinski definition) is 2. The summed E-state index contributed by atoms with van der Waals surface area (Å²) in [4.78, 5) is 40.1. The molecular weight excluding hydrogens is 308 g/mol. The number of carbonyl (C=O) groups excluding carboxylic acids is 1. The van der Waals surface area contributed by atoms with Gasteiger partial charge in [-0.1, -0.05) is 18.2 Å². The number of hydrogen-bond acceptors (Lipinski definition) is 4. The zero-order valence-electron chi connectivity index (χ0n) is 13.7. The molecule has 1 aliphatic rings. The van der Waals surface area contributed by atoms with Crippen molar-refractivity contribution < 1.29 is 4.79 Å². The number of benzene rings is 1. The van der Waals surface area contributed by atoms with Crippen molar-refractivity contribution in [3.8, 4) is 0 Å². The van der Waals surface area contributed by atoms with E-state index in [0.717, 1.165) is 17.5 Å². The normalized spacial score (nSPS) is 16.6. The second kappa shape index (κ2) is 6.35. The van der Waals surface area contributed by atoms with E-state index in [9.17, 15) is 14.4 Å². The fraction of sp³-hybridized carbons (Fsp3) is 0.353. The third-order valence-electron chi connectivity index (χ3n) is 4.42. The van der Waals surface area contributed by atoms with Crippen molar-refractivity contribution in [1.82, 2.24) is 14.9 Å². The predicted molar refractivity (Wildman–Crippen MR) is 91.5 cm³/mol. The molecule has 0 aliphatic carbocycles. The van der Waals surface area contributed by atoms with Crippen molar-refractivity contribution in [1.29, 1.82) is 0 Å². The quantitative estimate of drug-likeness (QED) is 0.837. The van der Waals surface area contributed by atoms with Crippen molar-refractivity contribution in [3.05, 3.63) is 62.4 Å². The summed E-state index contributed by atoms with van der Waals surface area (Å²) in [5, 5.41) is 2.81. The van der Waals surface area contributed by atoms with Gasteiger partial charge in [0, 0.05) is 39.1 Å². The molecule has 2 heterocycles. The molecule has 0 saturated carbocycles. The van der Waals surface area contributed by atoms with Gasteiger partial charge in [0.15, 0.2) is 0 Å². The van der Waals surface area contributed by atoms with Gasteiger partial charge >= 0.3 is 5.69 Å². The number of amides is 1. The fourth-order valence-corrected chi connectivity index (χ4v) is 3.11. The molecule has 1 aliphatic heterocycles. The monoisotopic (exact) mass is 328 g/mol. The molecule has 1 aromatic heterocycles. The molecule has 126 valence electrons. The van der Waals surface area contributed by atoms with Gasteiger partial charge in [-0.05, 0) is 24.0 Å². The summed E-state index contributed by atoms with van der Waals surface area (Å²) >= 11 is 0. The largest absolute Gasteiger partial charge is 0.374 e. The smallest absolute Gasteiger partial charge is 0.328 e. The minimum Gasteiger partial charge on any atom is -0.374 e. The van der Waals surface area contributed by atoms with Gasteiger partial charge in [0.05, 0.1) is 0 Å². The van der Waals surface area contributed by atoms with Gasteiger partial charge in [0.25, 0.3) is 11.5 Å². The van der Waals surface area contributed by atoms with Crippen LogP contribution in [0, 0.1) is 5.92 Å². The molecule has 0 spiro atoms. The van der Waals surface area contributed by atoms with Gasteiger partial charge in [-0.2, -0.15) is 0 Å². The Bertz CT molecular complexity index is 884. The maximum Gasteiger partial charge on any atom is 0.328 e. The summed E-state index contributed by atoms with van der Waals surface area (Å²) < 4.78 is 0.888. The molecule has 24 heavy (non-hydrogen) atoms. The van der Waals surface area contributed by atoms with Gasteiger partial charge in [-0.15, -0.1) is 0 Å². The van der Waals surface area contributed by atoms with Gasteiger partial charge < -0.3 is 15.2 Å². The lowest BCUT2D eigenvalue weighted by molar-refractivity contribution is 0.0944. The lowest BCUT2D eigenvalue weighted by Crippen LogP contribution is -2.42. The number of fused-ring (bicyclic) bond motifs is 1. The van der Waals surface area contributed by atoms with Gasteiger partial charge in [-0.25, -0.2) is 4.79 Å². The number of carbonyl (C=O) groups is 1. The van der Waals surface area contributed by atoms with Crippen LogP contribution in [0.5, 0.6) is 0 Å². The Hall–Kier alpha value is -2.83. The third kappa shape index (κ3) is 2.97.